The maximum absolute atomic E-state index is 4.47. The minimum absolute atomic E-state index is 0.302. The number of aryl methyl sites for hydroxylation is 2. The number of rotatable bonds is 6. The lowest BCUT2D eigenvalue weighted by molar-refractivity contribution is 0.520. The molecule has 0 saturated heterocycles. The maximum Gasteiger partial charge on any atom is 0.0643 e. The van der Waals surface area contributed by atoms with E-state index in [2.05, 4.69) is 40.5 Å². The van der Waals surface area contributed by atoms with E-state index in [0.717, 1.165) is 30.8 Å². The number of hydrogen-bond donors (Lipinski definition) is 1. The Morgan fingerprint density at radius 1 is 1.37 bits per heavy atom. The maximum atomic E-state index is 4.47. The van der Waals surface area contributed by atoms with Crippen LogP contribution in [0.5, 0.6) is 0 Å². The van der Waals surface area contributed by atoms with Crippen LogP contribution < -0.4 is 5.32 Å². The fourth-order valence-corrected chi connectivity index (χ4v) is 2.19. The van der Waals surface area contributed by atoms with Gasteiger partial charge in [0.2, 0.25) is 0 Å². The first-order valence-corrected chi connectivity index (χ1v) is 6.83. The van der Waals surface area contributed by atoms with E-state index in [1.807, 2.05) is 31.0 Å². The standard InChI is InChI=1S/C15H22N4/c1-4-7-17-15(11-14-6-9-19(3)18-14)13-5-8-16-12(2)10-13/h5-6,8-10,15,17H,4,7,11H2,1-3H3. The molecule has 2 aromatic heterocycles. The minimum Gasteiger partial charge on any atom is -0.310 e. The molecule has 0 aliphatic rings. The molecule has 0 bridgehead atoms. The SMILES string of the molecule is CCCNC(Cc1ccn(C)n1)c1ccnc(C)c1. The smallest absolute Gasteiger partial charge is 0.0643 e. The van der Waals surface area contributed by atoms with Gasteiger partial charge in [0.05, 0.1) is 5.69 Å². The summed E-state index contributed by atoms with van der Waals surface area (Å²) in [4.78, 5) is 4.27. The summed E-state index contributed by atoms with van der Waals surface area (Å²) < 4.78 is 1.85. The average Bonchev–Trinajstić information content (AvgIpc) is 2.80. The number of aromatic nitrogens is 3. The van der Waals surface area contributed by atoms with Crippen LogP contribution in [0.4, 0.5) is 0 Å². The molecule has 0 fully saturated rings. The average molecular weight is 258 g/mol. The topological polar surface area (TPSA) is 42.7 Å². The number of nitrogens with zero attached hydrogens (tertiary/aromatic N) is 3. The molecule has 2 rings (SSSR count). The van der Waals surface area contributed by atoms with Crippen LogP contribution in [-0.4, -0.2) is 21.3 Å². The Bertz CT molecular complexity index is 518. The second kappa shape index (κ2) is 6.48. The molecule has 1 atom stereocenters. The van der Waals surface area contributed by atoms with Crippen LogP contribution in [0, 0.1) is 6.92 Å². The molecule has 102 valence electrons. The van der Waals surface area contributed by atoms with E-state index in [0.29, 0.717) is 6.04 Å². The monoisotopic (exact) mass is 258 g/mol. The largest absolute Gasteiger partial charge is 0.310 e. The van der Waals surface area contributed by atoms with Gasteiger partial charge in [-0.05, 0) is 43.7 Å². The van der Waals surface area contributed by atoms with Crippen molar-refractivity contribution in [2.24, 2.45) is 7.05 Å². The van der Waals surface area contributed by atoms with Crippen molar-refractivity contribution in [1.29, 1.82) is 0 Å². The van der Waals surface area contributed by atoms with E-state index in [-0.39, 0.29) is 0 Å². The summed E-state index contributed by atoms with van der Waals surface area (Å²) in [6, 6.07) is 6.62. The van der Waals surface area contributed by atoms with Gasteiger partial charge >= 0.3 is 0 Å². The van der Waals surface area contributed by atoms with E-state index in [1.54, 1.807) is 0 Å². The van der Waals surface area contributed by atoms with E-state index in [9.17, 15) is 0 Å². The van der Waals surface area contributed by atoms with Crippen molar-refractivity contribution in [3.63, 3.8) is 0 Å². The van der Waals surface area contributed by atoms with E-state index < -0.39 is 0 Å². The molecule has 0 amide bonds. The summed E-state index contributed by atoms with van der Waals surface area (Å²) >= 11 is 0. The van der Waals surface area contributed by atoms with E-state index in [4.69, 9.17) is 0 Å². The lowest BCUT2D eigenvalue weighted by atomic mass is 10.0. The Hall–Kier alpha value is -1.68. The van der Waals surface area contributed by atoms with Gasteiger partial charge in [0.1, 0.15) is 0 Å². The van der Waals surface area contributed by atoms with Crippen molar-refractivity contribution in [2.45, 2.75) is 32.7 Å². The third kappa shape index (κ3) is 3.89. The normalized spacial score (nSPS) is 12.6. The van der Waals surface area contributed by atoms with Gasteiger partial charge < -0.3 is 5.32 Å². The molecule has 2 aromatic rings. The Morgan fingerprint density at radius 3 is 2.84 bits per heavy atom. The predicted octanol–water partition coefficient (Wildman–Crippen LogP) is 2.41. The van der Waals surface area contributed by atoms with Crippen molar-refractivity contribution < 1.29 is 0 Å². The van der Waals surface area contributed by atoms with Crippen molar-refractivity contribution >= 4 is 0 Å². The second-order valence-corrected chi connectivity index (χ2v) is 4.92. The van der Waals surface area contributed by atoms with Crippen LogP contribution in [0.2, 0.25) is 0 Å². The molecule has 0 aliphatic carbocycles. The van der Waals surface area contributed by atoms with E-state index in [1.165, 1.54) is 5.56 Å². The first-order valence-electron chi connectivity index (χ1n) is 6.83. The summed E-state index contributed by atoms with van der Waals surface area (Å²) in [7, 11) is 1.95. The van der Waals surface area contributed by atoms with Crippen LogP contribution in [0.25, 0.3) is 0 Å². The van der Waals surface area contributed by atoms with Gasteiger partial charge in [0, 0.05) is 37.6 Å². The van der Waals surface area contributed by atoms with Crippen LogP contribution in [0.15, 0.2) is 30.6 Å². The molecule has 19 heavy (non-hydrogen) atoms. The predicted molar refractivity (Wildman–Crippen MR) is 76.9 cm³/mol. The molecular weight excluding hydrogens is 236 g/mol. The molecule has 0 spiro atoms. The summed E-state index contributed by atoms with van der Waals surface area (Å²) in [5, 5.41) is 8.06. The summed E-state index contributed by atoms with van der Waals surface area (Å²) in [5.74, 6) is 0. The fraction of sp³-hybridized carbons (Fsp3) is 0.467. The zero-order valence-electron chi connectivity index (χ0n) is 11.9. The van der Waals surface area contributed by atoms with Gasteiger partial charge in [0.25, 0.3) is 0 Å². The lowest BCUT2D eigenvalue weighted by Crippen LogP contribution is -2.24. The Morgan fingerprint density at radius 2 is 2.21 bits per heavy atom. The van der Waals surface area contributed by atoms with Gasteiger partial charge in [-0.3, -0.25) is 9.67 Å². The van der Waals surface area contributed by atoms with Gasteiger partial charge in [-0.15, -0.1) is 0 Å². The fourth-order valence-electron chi connectivity index (χ4n) is 2.19. The highest BCUT2D eigenvalue weighted by Gasteiger charge is 2.13. The van der Waals surface area contributed by atoms with Crippen LogP contribution in [0.1, 0.15) is 36.3 Å². The Kier molecular flexibility index (Phi) is 4.68. The molecule has 0 aliphatic heterocycles. The Balaban J connectivity index is 2.15. The molecule has 0 aromatic carbocycles. The first-order chi connectivity index (χ1) is 9.19. The highest BCUT2D eigenvalue weighted by Crippen LogP contribution is 2.18. The van der Waals surface area contributed by atoms with Crippen molar-refractivity contribution in [3.05, 3.63) is 47.5 Å². The third-order valence-corrected chi connectivity index (χ3v) is 3.15. The van der Waals surface area contributed by atoms with E-state index >= 15 is 0 Å². The van der Waals surface area contributed by atoms with Gasteiger partial charge in [0.15, 0.2) is 0 Å². The van der Waals surface area contributed by atoms with Gasteiger partial charge in [-0.2, -0.15) is 5.10 Å². The number of hydrogen-bond acceptors (Lipinski definition) is 3. The molecule has 2 heterocycles. The molecule has 4 nitrogen and oxygen atoms in total. The Labute approximate surface area is 114 Å². The second-order valence-electron chi connectivity index (χ2n) is 4.92. The third-order valence-electron chi connectivity index (χ3n) is 3.15. The molecular formula is C15H22N4. The summed E-state index contributed by atoms with van der Waals surface area (Å²) in [6.07, 6.45) is 5.90. The van der Waals surface area contributed by atoms with Crippen LogP contribution in [-0.2, 0) is 13.5 Å². The number of nitrogens with one attached hydrogen (secondary N) is 1. The molecule has 1 N–H and O–H groups in total. The first kappa shape index (κ1) is 13.7. The highest BCUT2D eigenvalue weighted by molar-refractivity contribution is 5.21. The van der Waals surface area contributed by atoms with Crippen molar-refractivity contribution in [1.82, 2.24) is 20.1 Å². The zero-order valence-corrected chi connectivity index (χ0v) is 11.9. The van der Waals surface area contributed by atoms with Gasteiger partial charge in [-0.1, -0.05) is 6.92 Å². The van der Waals surface area contributed by atoms with Gasteiger partial charge in [-0.25, -0.2) is 0 Å². The summed E-state index contributed by atoms with van der Waals surface area (Å²) in [5.41, 5.74) is 3.46. The van der Waals surface area contributed by atoms with Crippen LogP contribution >= 0.6 is 0 Å². The van der Waals surface area contributed by atoms with Crippen molar-refractivity contribution in [3.8, 4) is 0 Å². The molecule has 4 heteroatoms. The number of pyridine rings is 1. The molecule has 1 unspecified atom stereocenters. The quantitative estimate of drug-likeness (QED) is 0.865. The minimum atomic E-state index is 0.302. The molecule has 0 saturated carbocycles. The highest BCUT2D eigenvalue weighted by atomic mass is 15.2. The van der Waals surface area contributed by atoms with Crippen LogP contribution in [0.3, 0.4) is 0 Å². The zero-order chi connectivity index (χ0) is 13.7. The van der Waals surface area contributed by atoms with Crippen molar-refractivity contribution in [2.75, 3.05) is 6.54 Å². The summed E-state index contributed by atoms with van der Waals surface area (Å²) in [6.45, 7) is 5.22. The molecule has 0 radical (unpaired) electrons. The lowest BCUT2D eigenvalue weighted by Gasteiger charge is -2.18.